The number of hydrogen-bond donors (Lipinski definition) is 1. The molecule has 0 saturated heterocycles. The minimum absolute atomic E-state index is 0.155. The Labute approximate surface area is 127 Å². The van der Waals surface area contributed by atoms with Gasteiger partial charge in [0.15, 0.2) is 0 Å². The molecular formula is C18H26FNO. The number of hydrogen-bond acceptors (Lipinski definition) is 2. The van der Waals surface area contributed by atoms with Crippen molar-refractivity contribution in [2.45, 2.75) is 58.0 Å². The Morgan fingerprint density at radius 1 is 1.29 bits per heavy atom. The highest BCUT2D eigenvalue weighted by Crippen LogP contribution is 2.43. The Balaban J connectivity index is 1.67. The third-order valence-corrected chi connectivity index (χ3v) is 5.09. The van der Waals surface area contributed by atoms with E-state index in [9.17, 15) is 4.39 Å². The Hall–Kier alpha value is -1.09. The van der Waals surface area contributed by atoms with Crippen LogP contribution < -0.4 is 10.1 Å². The molecule has 1 aromatic rings. The van der Waals surface area contributed by atoms with Gasteiger partial charge in [0.25, 0.3) is 0 Å². The Morgan fingerprint density at radius 3 is 2.86 bits per heavy atom. The van der Waals surface area contributed by atoms with E-state index >= 15 is 0 Å². The van der Waals surface area contributed by atoms with E-state index in [0.29, 0.717) is 5.41 Å². The maximum atomic E-state index is 13.3. The van der Waals surface area contributed by atoms with E-state index in [0.717, 1.165) is 37.2 Å². The van der Waals surface area contributed by atoms with Gasteiger partial charge in [-0.3, -0.25) is 0 Å². The van der Waals surface area contributed by atoms with Gasteiger partial charge in [-0.15, -0.1) is 0 Å². The molecule has 0 spiro atoms. The molecule has 21 heavy (non-hydrogen) atoms. The molecule has 2 aliphatic rings. The molecule has 3 heteroatoms. The highest BCUT2D eigenvalue weighted by atomic mass is 19.1. The van der Waals surface area contributed by atoms with E-state index < -0.39 is 0 Å². The zero-order valence-electron chi connectivity index (χ0n) is 13.0. The molecule has 0 radical (unpaired) electrons. The van der Waals surface area contributed by atoms with Gasteiger partial charge in [-0.05, 0) is 49.4 Å². The summed E-state index contributed by atoms with van der Waals surface area (Å²) in [7, 11) is 0. The molecule has 0 amide bonds. The normalized spacial score (nSPS) is 23.6. The molecule has 0 aromatic heterocycles. The van der Waals surface area contributed by atoms with E-state index in [1.54, 1.807) is 12.1 Å². The van der Waals surface area contributed by atoms with Crippen LogP contribution in [-0.4, -0.2) is 19.2 Å². The fraction of sp³-hybridized carbons (Fsp3) is 0.667. The standard InChI is InChI=1S/C18H26FNO/c1-2-20-13-18(8-4-3-5-9-18)12-16-11-14-10-15(19)6-7-17(14)21-16/h6-7,10,16,20H,2-5,8-9,11-13H2,1H3. The van der Waals surface area contributed by atoms with Gasteiger partial charge in [-0.1, -0.05) is 26.2 Å². The molecule has 1 N–H and O–H groups in total. The van der Waals surface area contributed by atoms with Gasteiger partial charge in [0, 0.05) is 18.5 Å². The summed E-state index contributed by atoms with van der Waals surface area (Å²) in [4.78, 5) is 0. The molecule has 1 fully saturated rings. The first-order chi connectivity index (χ1) is 10.2. The summed E-state index contributed by atoms with van der Waals surface area (Å²) in [5.74, 6) is 0.730. The molecule has 116 valence electrons. The lowest BCUT2D eigenvalue weighted by atomic mass is 9.70. The lowest BCUT2D eigenvalue weighted by molar-refractivity contribution is 0.0952. The Kier molecular flexibility index (Phi) is 4.48. The summed E-state index contributed by atoms with van der Waals surface area (Å²) < 4.78 is 19.4. The molecule has 1 heterocycles. The second-order valence-corrected chi connectivity index (χ2v) is 6.74. The minimum Gasteiger partial charge on any atom is -0.490 e. The lowest BCUT2D eigenvalue weighted by Gasteiger charge is -2.39. The average molecular weight is 291 g/mol. The fourth-order valence-electron chi connectivity index (χ4n) is 4.03. The number of rotatable bonds is 5. The molecular weight excluding hydrogens is 265 g/mol. The SMILES string of the molecule is CCNCC1(CC2Cc3cc(F)ccc3O2)CCCCC1. The first kappa shape index (κ1) is 14.8. The van der Waals surface area contributed by atoms with Crippen LogP contribution >= 0.6 is 0 Å². The molecule has 3 rings (SSSR count). The zero-order valence-corrected chi connectivity index (χ0v) is 13.0. The third kappa shape index (κ3) is 3.39. The van der Waals surface area contributed by atoms with Crippen LogP contribution in [0.25, 0.3) is 0 Å². The first-order valence-electron chi connectivity index (χ1n) is 8.37. The second-order valence-electron chi connectivity index (χ2n) is 6.74. The average Bonchev–Trinajstić information content (AvgIpc) is 2.87. The summed E-state index contributed by atoms with van der Waals surface area (Å²) in [6.07, 6.45) is 8.80. The van der Waals surface area contributed by atoms with Gasteiger partial charge in [0.1, 0.15) is 17.7 Å². The van der Waals surface area contributed by atoms with Crippen molar-refractivity contribution < 1.29 is 9.13 Å². The van der Waals surface area contributed by atoms with Crippen LogP contribution in [0.3, 0.4) is 0 Å². The number of benzene rings is 1. The molecule has 2 nitrogen and oxygen atoms in total. The van der Waals surface area contributed by atoms with Crippen LogP contribution in [0.2, 0.25) is 0 Å². The minimum atomic E-state index is -0.155. The van der Waals surface area contributed by atoms with Crippen LogP contribution in [0.5, 0.6) is 5.75 Å². The van der Waals surface area contributed by atoms with Crippen LogP contribution in [-0.2, 0) is 6.42 Å². The predicted molar refractivity (Wildman–Crippen MR) is 83.2 cm³/mol. The molecule has 1 atom stereocenters. The third-order valence-electron chi connectivity index (χ3n) is 5.09. The number of nitrogens with one attached hydrogen (secondary N) is 1. The van der Waals surface area contributed by atoms with Crippen molar-refractivity contribution in [1.29, 1.82) is 0 Å². The van der Waals surface area contributed by atoms with Crippen molar-refractivity contribution in [3.63, 3.8) is 0 Å². The van der Waals surface area contributed by atoms with Gasteiger partial charge < -0.3 is 10.1 Å². The largest absolute Gasteiger partial charge is 0.490 e. The number of ether oxygens (including phenoxy) is 1. The van der Waals surface area contributed by atoms with Gasteiger partial charge in [0.2, 0.25) is 0 Å². The van der Waals surface area contributed by atoms with E-state index in [1.807, 2.05) is 0 Å². The van der Waals surface area contributed by atoms with E-state index in [4.69, 9.17) is 4.74 Å². The summed E-state index contributed by atoms with van der Waals surface area (Å²) in [5.41, 5.74) is 1.41. The lowest BCUT2D eigenvalue weighted by Crippen LogP contribution is -2.39. The summed E-state index contributed by atoms with van der Waals surface area (Å²) >= 11 is 0. The van der Waals surface area contributed by atoms with E-state index in [-0.39, 0.29) is 11.9 Å². The van der Waals surface area contributed by atoms with Crippen molar-refractivity contribution in [2.24, 2.45) is 5.41 Å². The molecule has 1 aliphatic heterocycles. The first-order valence-corrected chi connectivity index (χ1v) is 8.37. The summed E-state index contributed by atoms with van der Waals surface area (Å²) in [5, 5.41) is 3.55. The predicted octanol–water partition coefficient (Wildman–Crippen LogP) is 4.08. The second kappa shape index (κ2) is 6.35. The van der Waals surface area contributed by atoms with Crippen molar-refractivity contribution in [1.82, 2.24) is 5.32 Å². The fourth-order valence-corrected chi connectivity index (χ4v) is 4.03. The number of halogens is 1. The van der Waals surface area contributed by atoms with Crippen molar-refractivity contribution in [3.05, 3.63) is 29.6 Å². The summed E-state index contributed by atoms with van der Waals surface area (Å²) in [6.45, 7) is 4.29. The Bertz CT molecular complexity index is 482. The molecule has 1 aliphatic carbocycles. The van der Waals surface area contributed by atoms with Crippen molar-refractivity contribution in [2.75, 3.05) is 13.1 Å². The monoisotopic (exact) mass is 291 g/mol. The highest BCUT2D eigenvalue weighted by Gasteiger charge is 2.37. The topological polar surface area (TPSA) is 21.3 Å². The van der Waals surface area contributed by atoms with Crippen LogP contribution in [0, 0.1) is 11.2 Å². The van der Waals surface area contributed by atoms with E-state index in [2.05, 4.69) is 12.2 Å². The van der Waals surface area contributed by atoms with Crippen LogP contribution in [0.15, 0.2) is 18.2 Å². The van der Waals surface area contributed by atoms with Gasteiger partial charge in [-0.25, -0.2) is 4.39 Å². The van der Waals surface area contributed by atoms with Gasteiger partial charge >= 0.3 is 0 Å². The number of fused-ring (bicyclic) bond motifs is 1. The molecule has 1 aromatic carbocycles. The Morgan fingerprint density at radius 2 is 2.10 bits per heavy atom. The maximum absolute atomic E-state index is 13.3. The molecule has 1 saturated carbocycles. The molecule has 0 bridgehead atoms. The van der Waals surface area contributed by atoms with Gasteiger partial charge in [-0.2, -0.15) is 0 Å². The zero-order chi connectivity index (χ0) is 14.7. The highest BCUT2D eigenvalue weighted by molar-refractivity contribution is 5.37. The summed E-state index contributed by atoms with van der Waals surface area (Å²) in [6, 6.07) is 4.91. The van der Waals surface area contributed by atoms with E-state index in [1.165, 1.54) is 38.2 Å². The molecule has 1 unspecified atom stereocenters. The quantitative estimate of drug-likeness (QED) is 0.882. The smallest absolute Gasteiger partial charge is 0.123 e. The van der Waals surface area contributed by atoms with Crippen LogP contribution in [0.1, 0.15) is 51.0 Å². The van der Waals surface area contributed by atoms with Crippen molar-refractivity contribution >= 4 is 0 Å². The maximum Gasteiger partial charge on any atom is 0.123 e. The van der Waals surface area contributed by atoms with Crippen molar-refractivity contribution in [3.8, 4) is 5.75 Å². The van der Waals surface area contributed by atoms with Gasteiger partial charge in [0.05, 0.1) is 0 Å². The van der Waals surface area contributed by atoms with Crippen LogP contribution in [0.4, 0.5) is 4.39 Å².